The SMILES string of the molecule is O=C(O)CCCCNC1(c2ccc(Br)cc2)CCOCC1. The van der Waals surface area contributed by atoms with Gasteiger partial charge in [-0.15, -0.1) is 0 Å². The summed E-state index contributed by atoms with van der Waals surface area (Å²) in [5, 5.41) is 12.3. The molecule has 4 nitrogen and oxygen atoms in total. The first kappa shape index (κ1) is 16.5. The van der Waals surface area contributed by atoms with Crippen molar-refractivity contribution in [3.05, 3.63) is 34.3 Å². The molecule has 1 heterocycles. The van der Waals surface area contributed by atoms with E-state index in [0.29, 0.717) is 0 Å². The Bertz CT molecular complexity index is 455. The summed E-state index contributed by atoms with van der Waals surface area (Å²) >= 11 is 3.47. The Balaban J connectivity index is 1.96. The molecule has 0 radical (unpaired) electrons. The standard InChI is InChI=1S/C16H22BrNO3/c17-14-6-4-13(5-7-14)16(8-11-21-12-9-16)18-10-2-1-3-15(19)20/h4-7,18H,1-3,8-12H2,(H,19,20). The molecule has 1 aromatic carbocycles. The second-order valence-electron chi connectivity index (χ2n) is 5.48. The van der Waals surface area contributed by atoms with Crippen LogP contribution in [0.15, 0.2) is 28.7 Å². The molecule has 1 aliphatic heterocycles. The van der Waals surface area contributed by atoms with E-state index in [1.54, 1.807) is 0 Å². The van der Waals surface area contributed by atoms with Gasteiger partial charge < -0.3 is 15.2 Å². The van der Waals surface area contributed by atoms with Crippen molar-refractivity contribution in [2.24, 2.45) is 0 Å². The molecular formula is C16H22BrNO3. The highest BCUT2D eigenvalue weighted by molar-refractivity contribution is 9.10. The van der Waals surface area contributed by atoms with E-state index in [4.69, 9.17) is 9.84 Å². The van der Waals surface area contributed by atoms with Crippen molar-refractivity contribution < 1.29 is 14.6 Å². The van der Waals surface area contributed by atoms with Crippen molar-refractivity contribution in [1.82, 2.24) is 5.32 Å². The van der Waals surface area contributed by atoms with Gasteiger partial charge in [-0.25, -0.2) is 0 Å². The van der Waals surface area contributed by atoms with E-state index in [9.17, 15) is 4.79 Å². The van der Waals surface area contributed by atoms with E-state index < -0.39 is 5.97 Å². The molecule has 1 fully saturated rings. The number of ether oxygens (including phenoxy) is 1. The third-order valence-corrected chi connectivity index (χ3v) is 4.55. The van der Waals surface area contributed by atoms with Crippen molar-refractivity contribution >= 4 is 21.9 Å². The molecule has 5 heteroatoms. The third-order valence-electron chi connectivity index (χ3n) is 4.02. The molecule has 1 aromatic rings. The Labute approximate surface area is 134 Å². The van der Waals surface area contributed by atoms with Crippen molar-refractivity contribution in [3.63, 3.8) is 0 Å². The number of hydrogen-bond donors (Lipinski definition) is 2. The first-order chi connectivity index (χ1) is 10.1. The van der Waals surface area contributed by atoms with Crippen LogP contribution in [0.5, 0.6) is 0 Å². The number of carbonyl (C=O) groups is 1. The zero-order chi connectivity index (χ0) is 15.1. The van der Waals surface area contributed by atoms with Gasteiger partial charge in [0, 0.05) is 29.6 Å². The average molecular weight is 356 g/mol. The lowest BCUT2D eigenvalue weighted by Crippen LogP contribution is -2.47. The van der Waals surface area contributed by atoms with Gasteiger partial charge in [0.05, 0.1) is 0 Å². The number of unbranched alkanes of at least 4 members (excludes halogenated alkanes) is 1. The van der Waals surface area contributed by atoms with Gasteiger partial charge in [0.1, 0.15) is 0 Å². The summed E-state index contributed by atoms with van der Waals surface area (Å²) in [6, 6.07) is 8.44. The molecule has 1 aliphatic rings. The zero-order valence-electron chi connectivity index (χ0n) is 12.1. The largest absolute Gasteiger partial charge is 0.481 e. The molecule has 116 valence electrons. The summed E-state index contributed by atoms with van der Waals surface area (Å²) in [4.78, 5) is 10.5. The van der Waals surface area contributed by atoms with Crippen molar-refractivity contribution in [3.8, 4) is 0 Å². The molecular weight excluding hydrogens is 334 g/mol. The molecule has 0 spiro atoms. The quantitative estimate of drug-likeness (QED) is 0.736. The number of hydrogen-bond acceptors (Lipinski definition) is 3. The molecule has 21 heavy (non-hydrogen) atoms. The van der Waals surface area contributed by atoms with Crippen molar-refractivity contribution in [1.29, 1.82) is 0 Å². The van der Waals surface area contributed by atoms with Gasteiger partial charge in [-0.1, -0.05) is 28.1 Å². The molecule has 0 atom stereocenters. The first-order valence-corrected chi connectivity index (χ1v) is 8.22. The molecule has 2 N–H and O–H groups in total. The van der Waals surface area contributed by atoms with Crippen LogP contribution < -0.4 is 5.32 Å². The van der Waals surface area contributed by atoms with Crippen LogP contribution in [-0.4, -0.2) is 30.8 Å². The Morgan fingerprint density at radius 3 is 2.52 bits per heavy atom. The smallest absolute Gasteiger partial charge is 0.303 e. The highest BCUT2D eigenvalue weighted by atomic mass is 79.9. The summed E-state index contributed by atoms with van der Waals surface area (Å²) in [6.07, 6.45) is 3.75. The Kier molecular flexibility index (Phi) is 6.21. The maximum Gasteiger partial charge on any atom is 0.303 e. The lowest BCUT2D eigenvalue weighted by atomic mass is 9.82. The first-order valence-electron chi connectivity index (χ1n) is 7.43. The second-order valence-corrected chi connectivity index (χ2v) is 6.39. The predicted octanol–water partition coefficient (Wildman–Crippen LogP) is 3.30. The van der Waals surface area contributed by atoms with Crippen LogP contribution in [0.25, 0.3) is 0 Å². The Morgan fingerprint density at radius 1 is 1.24 bits per heavy atom. The van der Waals surface area contributed by atoms with Gasteiger partial charge in [0.15, 0.2) is 0 Å². The van der Waals surface area contributed by atoms with Crippen LogP contribution in [0, 0.1) is 0 Å². The van der Waals surface area contributed by atoms with Crippen LogP contribution >= 0.6 is 15.9 Å². The molecule has 0 amide bonds. The summed E-state index contributed by atoms with van der Waals surface area (Å²) in [5.74, 6) is -0.719. The van der Waals surface area contributed by atoms with Gasteiger partial charge in [0.2, 0.25) is 0 Å². The fourth-order valence-electron chi connectivity index (χ4n) is 2.79. The molecule has 0 aliphatic carbocycles. The molecule has 0 bridgehead atoms. The highest BCUT2D eigenvalue weighted by Gasteiger charge is 2.33. The Morgan fingerprint density at radius 2 is 1.90 bits per heavy atom. The van der Waals surface area contributed by atoms with Gasteiger partial charge in [-0.3, -0.25) is 4.79 Å². The molecule has 1 saturated heterocycles. The van der Waals surface area contributed by atoms with E-state index in [0.717, 1.165) is 49.9 Å². The maximum atomic E-state index is 10.5. The molecule has 0 unspecified atom stereocenters. The van der Waals surface area contributed by atoms with Crippen molar-refractivity contribution in [2.75, 3.05) is 19.8 Å². The van der Waals surface area contributed by atoms with E-state index in [-0.39, 0.29) is 12.0 Å². The van der Waals surface area contributed by atoms with Gasteiger partial charge >= 0.3 is 5.97 Å². The lowest BCUT2D eigenvalue weighted by molar-refractivity contribution is -0.137. The van der Waals surface area contributed by atoms with Crippen LogP contribution in [0.1, 0.15) is 37.7 Å². The minimum atomic E-state index is -0.719. The van der Waals surface area contributed by atoms with Crippen LogP contribution in [0.4, 0.5) is 0 Å². The number of halogens is 1. The third kappa shape index (κ3) is 4.80. The predicted molar refractivity (Wildman–Crippen MR) is 85.4 cm³/mol. The van der Waals surface area contributed by atoms with E-state index in [1.165, 1.54) is 5.56 Å². The maximum absolute atomic E-state index is 10.5. The van der Waals surface area contributed by atoms with Gasteiger partial charge in [-0.05, 0) is 49.9 Å². The second kappa shape index (κ2) is 7.92. The van der Waals surface area contributed by atoms with Crippen LogP contribution in [0.2, 0.25) is 0 Å². The number of nitrogens with one attached hydrogen (secondary N) is 1. The van der Waals surface area contributed by atoms with Gasteiger partial charge in [-0.2, -0.15) is 0 Å². The normalized spacial score (nSPS) is 17.6. The Hall–Kier alpha value is -0.910. The number of rotatable bonds is 7. The molecule has 2 rings (SSSR count). The number of aliphatic carboxylic acids is 1. The van der Waals surface area contributed by atoms with E-state index in [2.05, 4.69) is 45.5 Å². The minimum absolute atomic E-state index is 0.0395. The van der Waals surface area contributed by atoms with Crippen LogP contribution in [0.3, 0.4) is 0 Å². The number of carboxylic acids is 1. The summed E-state index contributed by atoms with van der Waals surface area (Å²) < 4.78 is 6.58. The van der Waals surface area contributed by atoms with Crippen molar-refractivity contribution in [2.45, 2.75) is 37.6 Å². The number of benzene rings is 1. The monoisotopic (exact) mass is 355 g/mol. The molecule has 0 saturated carbocycles. The van der Waals surface area contributed by atoms with E-state index >= 15 is 0 Å². The summed E-state index contributed by atoms with van der Waals surface area (Å²) in [5.41, 5.74) is 1.24. The highest BCUT2D eigenvalue weighted by Crippen LogP contribution is 2.32. The fraction of sp³-hybridized carbons (Fsp3) is 0.562. The van der Waals surface area contributed by atoms with E-state index in [1.807, 2.05) is 0 Å². The van der Waals surface area contributed by atoms with Gasteiger partial charge in [0.25, 0.3) is 0 Å². The molecule has 0 aromatic heterocycles. The topological polar surface area (TPSA) is 58.6 Å². The lowest BCUT2D eigenvalue weighted by Gasteiger charge is -2.39. The summed E-state index contributed by atoms with van der Waals surface area (Å²) in [6.45, 7) is 2.36. The average Bonchev–Trinajstić information content (AvgIpc) is 2.48. The van der Waals surface area contributed by atoms with Crippen LogP contribution in [-0.2, 0) is 15.1 Å². The number of carboxylic acid groups (broad SMARTS) is 1. The summed E-state index contributed by atoms with van der Waals surface area (Å²) in [7, 11) is 0. The zero-order valence-corrected chi connectivity index (χ0v) is 13.7. The fourth-order valence-corrected chi connectivity index (χ4v) is 3.05. The minimum Gasteiger partial charge on any atom is -0.481 e.